The van der Waals surface area contributed by atoms with Crippen molar-refractivity contribution in [2.75, 3.05) is 25.7 Å². The van der Waals surface area contributed by atoms with Crippen LogP contribution >= 0.6 is 0 Å². The van der Waals surface area contributed by atoms with Gasteiger partial charge in [-0.1, -0.05) is 18.2 Å². The lowest BCUT2D eigenvalue weighted by atomic mass is 10.1. The molecular formula is C28H28FN3O5. The molecule has 8 nitrogen and oxygen atoms in total. The Labute approximate surface area is 214 Å². The monoisotopic (exact) mass is 505 g/mol. The van der Waals surface area contributed by atoms with E-state index in [-0.39, 0.29) is 37.2 Å². The number of aromatic nitrogens is 2. The third-order valence-electron chi connectivity index (χ3n) is 5.78. The van der Waals surface area contributed by atoms with Crippen LogP contribution in [0.3, 0.4) is 0 Å². The lowest BCUT2D eigenvalue weighted by Gasteiger charge is -2.24. The van der Waals surface area contributed by atoms with Crippen molar-refractivity contribution in [3.05, 3.63) is 102 Å². The molecule has 0 saturated carbocycles. The number of nitrogens with zero attached hydrogens (tertiary/aromatic N) is 3. The average molecular weight is 506 g/mol. The molecule has 9 heteroatoms. The summed E-state index contributed by atoms with van der Waals surface area (Å²) >= 11 is 0. The first kappa shape index (κ1) is 25.7. The summed E-state index contributed by atoms with van der Waals surface area (Å²) in [6, 6.07) is 18.2. The quantitative estimate of drug-likeness (QED) is 0.322. The number of rotatable bonds is 11. The molecule has 0 atom stereocenters. The summed E-state index contributed by atoms with van der Waals surface area (Å²) < 4.78 is 31.9. The van der Waals surface area contributed by atoms with Gasteiger partial charge in [-0.05, 0) is 42.0 Å². The number of benzene rings is 3. The molecule has 3 aromatic carbocycles. The number of anilines is 1. The summed E-state index contributed by atoms with van der Waals surface area (Å²) in [7, 11) is 3.12. The van der Waals surface area contributed by atoms with Gasteiger partial charge in [0.1, 0.15) is 29.7 Å². The maximum Gasteiger partial charge on any atom is 0.253 e. The third-order valence-corrected chi connectivity index (χ3v) is 5.78. The van der Waals surface area contributed by atoms with E-state index in [0.717, 1.165) is 16.8 Å². The zero-order chi connectivity index (χ0) is 26.2. The van der Waals surface area contributed by atoms with Gasteiger partial charge in [-0.25, -0.2) is 9.37 Å². The zero-order valence-electron chi connectivity index (χ0n) is 20.6. The van der Waals surface area contributed by atoms with Crippen LogP contribution in [0.5, 0.6) is 17.2 Å². The molecule has 1 amide bonds. The van der Waals surface area contributed by atoms with Gasteiger partial charge in [0.2, 0.25) is 0 Å². The average Bonchev–Trinajstić information content (AvgIpc) is 3.33. The number of ether oxygens (including phenoxy) is 3. The van der Waals surface area contributed by atoms with Crippen LogP contribution in [0.1, 0.15) is 16.8 Å². The van der Waals surface area contributed by atoms with Crippen molar-refractivity contribution in [3.63, 3.8) is 0 Å². The highest BCUT2D eigenvalue weighted by atomic mass is 19.1. The van der Waals surface area contributed by atoms with E-state index in [0.29, 0.717) is 23.7 Å². The van der Waals surface area contributed by atoms with Crippen molar-refractivity contribution >= 4 is 11.6 Å². The minimum atomic E-state index is -0.306. The lowest BCUT2D eigenvalue weighted by molar-refractivity contribution is -0.123. The van der Waals surface area contributed by atoms with Gasteiger partial charge in [-0.3, -0.25) is 4.79 Å². The first-order chi connectivity index (χ1) is 18.0. The van der Waals surface area contributed by atoms with Crippen LogP contribution in [0.15, 0.2) is 79.3 Å². The Balaban J connectivity index is 1.47. The van der Waals surface area contributed by atoms with E-state index < -0.39 is 0 Å². The van der Waals surface area contributed by atoms with Crippen molar-refractivity contribution in [1.29, 1.82) is 0 Å². The van der Waals surface area contributed by atoms with E-state index >= 15 is 0 Å². The second-order valence-corrected chi connectivity index (χ2v) is 8.31. The van der Waals surface area contributed by atoms with Crippen LogP contribution in [0.2, 0.25) is 0 Å². The third kappa shape index (κ3) is 6.65. The van der Waals surface area contributed by atoms with Crippen molar-refractivity contribution < 1.29 is 28.5 Å². The molecule has 0 aliphatic heterocycles. The van der Waals surface area contributed by atoms with Gasteiger partial charge in [0.25, 0.3) is 5.91 Å². The normalized spacial score (nSPS) is 10.8. The van der Waals surface area contributed by atoms with Gasteiger partial charge in [-0.15, -0.1) is 0 Å². The summed E-state index contributed by atoms with van der Waals surface area (Å²) in [6.45, 7) is 0.549. The predicted octanol–water partition coefficient (Wildman–Crippen LogP) is 4.54. The van der Waals surface area contributed by atoms with Crippen LogP contribution in [0.25, 0.3) is 0 Å². The molecule has 192 valence electrons. The minimum absolute atomic E-state index is 0.0409. The Kier molecular flexibility index (Phi) is 8.37. The highest BCUT2D eigenvalue weighted by Crippen LogP contribution is 2.29. The fourth-order valence-electron chi connectivity index (χ4n) is 3.90. The van der Waals surface area contributed by atoms with Crippen LogP contribution < -0.4 is 14.4 Å². The Bertz CT molecular complexity index is 1360. The molecule has 0 bridgehead atoms. The van der Waals surface area contributed by atoms with Gasteiger partial charge >= 0.3 is 0 Å². The highest BCUT2D eigenvalue weighted by Gasteiger charge is 2.20. The SMILES string of the molecule is COc1ccc(CN(C(=O)COCc2cncn2Cc2cccc(F)c2)c2cccc(O)c2)c(OC)c1. The fourth-order valence-corrected chi connectivity index (χ4v) is 3.90. The standard InChI is InChI=1S/C28H28FN3O5/c1-35-26-10-9-21(27(13-26)36-2)16-32(23-7-4-8-25(33)12-23)28(34)18-37-17-24-14-30-19-31(24)15-20-5-3-6-22(29)11-20/h3-14,19,33H,15-18H2,1-2H3. The Morgan fingerprint density at radius 2 is 1.89 bits per heavy atom. The summed E-state index contributed by atoms with van der Waals surface area (Å²) in [5, 5.41) is 10.0. The van der Waals surface area contributed by atoms with Gasteiger partial charge in [-0.2, -0.15) is 0 Å². The number of aromatic hydroxyl groups is 1. The number of carbonyl (C=O) groups is 1. The van der Waals surface area contributed by atoms with Crippen molar-refractivity contribution in [2.45, 2.75) is 19.7 Å². The maximum atomic E-state index is 13.5. The number of phenols is 1. The molecule has 0 aliphatic rings. The van der Waals surface area contributed by atoms with Crippen molar-refractivity contribution in [1.82, 2.24) is 9.55 Å². The van der Waals surface area contributed by atoms with Gasteiger partial charge in [0, 0.05) is 29.9 Å². The van der Waals surface area contributed by atoms with E-state index in [4.69, 9.17) is 14.2 Å². The predicted molar refractivity (Wildman–Crippen MR) is 136 cm³/mol. The number of hydrogen-bond donors (Lipinski definition) is 1. The van der Waals surface area contributed by atoms with E-state index in [1.807, 2.05) is 16.7 Å². The molecule has 0 unspecified atom stereocenters. The van der Waals surface area contributed by atoms with Crippen LogP contribution in [0.4, 0.5) is 10.1 Å². The van der Waals surface area contributed by atoms with E-state index in [9.17, 15) is 14.3 Å². The first-order valence-electron chi connectivity index (χ1n) is 11.6. The molecule has 0 radical (unpaired) electrons. The summed E-state index contributed by atoms with van der Waals surface area (Å²) in [6.07, 6.45) is 3.29. The van der Waals surface area contributed by atoms with Crippen molar-refractivity contribution in [3.8, 4) is 17.2 Å². The fraction of sp³-hybridized carbons (Fsp3) is 0.214. The molecule has 4 aromatic rings. The molecule has 0 spiro atoms. The van der Waals surface area contributed by atoms with Gasteiger partial charge < -0.3 is 28.8 Å². The second-order valence-electron chi connectivity index (χ2n) is 8.31. The molecule has 0 aliphatic carbocycles. The van der Waals surface area contributed by atoms with Gasteiger partial charge in [0.05, 0.1) is 45.6 Å². The lowest BCUT2D eigenvalue weighted by Crippen LogP contribution is -2.33. The minimum Gasteiger partial charge on any atom is -0.508 e. The summed E-state index contributed by atoms with van der Waals surface area (Å²) in [4.78, 5) is 19.0. The Morgan fingerprint density at radius 1 is 1.05 bits per heavy atom. The number of hydrogen-bond acceptors (Lipinski definition) is 6. The Morgan fingerprint density at radius 3 is 2.65 bits per heavy atom. The number of halogens is 1. The van der Waals surface area contributed by atoms with E-state index in [2.05, 4.69) is 4.98 Å². The molecule has 4 rings (SSSR count). The molecule has 1 heterocycles. The maximum absolute atomic E-state index is 13.5. The van der Waals surface area contributed by atoms with Crippen molar-refractivity contribution in [2.24, 2.45) is 0 Å². The first-order valence-corrected chi connectivity index (χ1v) is 11.6. The molecular weight excluding hydrogens is 477 g/mol. The number of methoxy groups -OCH3 is 2. The molecule has 0 fully saturated rings. The topological polar surface area (TPSA) is 86.0 Å². The number of amides is 1. The highest BCUT2D eigenvalue weighted by molar-refractivity contribution is 5.94. The van der Waals surface area contributed by atoms with Crippen LogP contribution in [-0.4, -0.2) is 41.4 Å². The molecule has 0 saturated heterocycles. The smallest absolute Gasteiger partial charge is 0.253 e. The molecule has 1 aromatic heterocycles. The summed E-state index contributed by atoms with van der Waals surface area (Å²) in [5.41, 5.74) is 2.81. The van der Waals surface area contributed by atoms with Gasteiger partial charge in [0.15, 0.2) is 0 Å². The molecule has 37 heavy (non-hydrogen) atoms. The largest absolute Gasteiger partial charge is 0.508 e. The van der Waals surface area contributed by atoms with Crippen LogP contribution in [-0.2, 0) is 29.2 Å². The molecule has 1 N–H and O–H groups in total. The Hall–Kier alpha value is -4.37. The number of carbonyl (C=O) groups excluding carboxylic acids is 1. The number of phenolic OH excluding ortho intramolecular Hbond substituents is 1. The van der Waals surface area contributed by atoms with E-state index in [1.54, 1.807) is 57.1 Å². The zero-order valence-corrected chi connectivity index (χ0v) is 20.6. The van der Waals surface area contributed by atoms with E-state index in [1.165, 1.54) is 29.2 Å². The number of imidazole rings is 1. The summed E-state index contributed by atoms with van der Waals surface area (Å²) in [5.74, 6) is 0.633. The second kappa shape index (κ2) is 12.0. The van der Waals surface area contributed by atoms with Crippen LogP contribution in [0, 0.1) is 5.82 Å².